The lowest BCUT2D eigenvalue weighted by molar-refractivity contribution is 1.40. The van der Waals surface area contributed by atoms with Crippen LogP contribution in [0.15, 0.2) is 31.4 Å². The van der Waals surface area contributed by atoms with E-state index in [9.17, 15) is 0 Å². The molecule has 1 rings (SSSR count). The topological polar surface area (TPSA) is 26.0 Å². The van der Waals surface area contributed by atoms with Crippen molar-refractivity contribution in [2.24, 2.45) is 5.73 Å². The van der Waals surface area contributed by atoms with Crippen LogP contribution in [-0.2, 0) is 0 Å². The number of nitrogens with two attached hydrogens (primary N) is 1. The molecule has 0 radical (unpaired) electrons. The van der Waals surface area contributed by atoms with Gasteiger partial charge in [-0.1, -0.05) is 42.5 Å². The second-order valence-electron chi connectivity index (χ2n) is 3.35. The summed E-state index contributed by atoms with van der Waals surface area (Å²) in [6.07, 6.45) is 0. The average Bonchev–Trinajstić information content (AvgIpc) is 2.03. The van der Waals surface area contributed by atoms with Crippen molar-refractivity contribution < 1.29 is 0 Å². The van der Waals surface area contributed by atoms with E-state index in [0.717, 1.165) is 16.7 Å². The van der Waals surface area contributed by atoms with Gasteiger partial charge in [0.2, 0.25) is 0 Å². The second-order valence-corrected chi connectivity index (χ2v) is 3.35. The smallest absolute Gasteiger partial charge is 0.0320 e. The summed E-state index contributed by atoms with van der Waals surface area (Å²) in [5.41, 5.74) is 10.6. The van der Waals surface area contributed by atoms with Gasteiger partial charge in [0.15, 0.2) is 0 Å². The molecule has 1 nitrogen and oxygen atoms in total. The van der Waals surface area contributed by atoms with E-state index in [1.807, 2.05) is 19.1 Å². The van der Waals surface area contributed by atoms with Gasteiger partial charge in [-0.2, -0.15) is 0 Å². The predicted octanol–water partition coefficient (Wildman–Crippen LogP) is 2.96. The highest BCUT2D eigenvalue weighted by Gasteiger charge is 2.03. The van der Waals surface area contributed by atoms with Crippen molar-refractivity contribution >= 4 is 11.3 Å². The van der Waals surface area contributed by atoms with Crippen LogP contribution in [0.5, 0.6) is 0 Å². The fraction of sp³-hybridized carbons (Fsp3) is 0.167. The summed E-state index contributed by atoms with van der Waals surface area (Å²) in [7, 11) is 0. The van der Waals surface area contributed by atoms with Crippen LogP contribution in [0, 0.1) is 6.92 Å². The van der Waals surface area contributed by atoms with E-state index < -0.39 is 0 Å². The molecule has 0 spiro atoms. The molecule has 0 saturated heterocycles. The number of hydrogen-bond acceptors (Lipinski definition) is 1. The molecule has 0 aliphatic carbocycles. The third kappa shape index (κ3) is 2.00. The van der Waals surface area contributed by atoms with Crippen LogP contribution < -0.4 is 5.73 Å². The largest absolute Gasteiger partial charge is 0.399 e. The number of benzene rings is 1. The molecule has 0 heterocycles. The fourth-order valence-electron chi connectivity index (χ4n) is 1.29. The van der Waals surface area contributed by atoms with Crippen LogP contribution in [-0.4, -0.2) is 0 Å². The minimum absolute atomic E-state index is 0.595. The molecule has 0 fully saturated rings. The van der Waals surface area contributed by atoms with E-state index in [0.29, 0.717) is 5.70 Å². The van der Waals surface area contributed by atoms with Gasteiger partial charge >= 0.3 is 0 Å². The lowest BCUT2D eigenvalue weighted by Crippen LogP contribution is -1.98. The first kappa shape index (κ1) is 9.59. The van der Waals surface area contributed by atoms with Crippen molar-refractivity contribution in [2.45, 2.75) is 13.8 Å². The molecule has 0 saturated carbocycles. The Morgan fingerprint density at radius 2 is 1.85 bits per heavy atom. The number of allylic oxidation sites excluding steroid dienone is 1. The molecule has 68 valence electrons. The lowest BCUT2D eigenvalue weighted by atomic mass is 9.98. The molecule has 13 heavy (non-hydrogen) atoms. The van der Waals surface area contributed by atoms with Gasteiger partial charge in [0.25, 0.3) is 0 Å². The molecule has 0 aliphatic rings. The monoisotopic (exact) mass is 173 g/mol. The van der Waals surface area contributed by atoms with Crippen molar-refractivity contribution in [3.63, 3.8) is 0 Å². The molecule has 0 atom stereocenters. The molecule has 0 amide bonds. The Balaban J connectivity index is 3.35. The van der Waals surface area contributed by atoms with Gasteiger partial charge in [-0.05, 0) is 19.4 Å². The van der Waals surface area contributed by atoms with Crippen LogP contribution in [0.1, 0.15) is 23.6 Å². The maximum Gasteiger partial charge on any atom is 0.0320 e. The summed E-state index contributed by atoms with van der Waals surface area (Å²) in [5.74, 6) is 0. The van der Waals surface area contributed by atoms with Gasteiger partial charge in [0.05, 0.1) is 0 Å². The Morgan fingerprint density at radius 3 is 2.31 bits per heavy atom. The number of hydrogen-bond donors (Lipinski definition) is 1. The number of rotatable bonds is 2. The van der Waals surface area contributed by atoms with Crippen LogP contribution in [0.4, 0.5) is 0 Å². The molecule has 2 N–H and O–H groups in total. The third-order valence-electron chi connectivity index (χ3n) is 1.98. The van der Waals surface area contributed by atoms with Gasteiger partial charge in [0.1, 0.15) is 0 Å². The molecule has 0 bridgehead atoms. The van der Waals surface area contributed by atoms with Crippen LogP contribution in [0.25, 0.3) is 11.3 Å². The summed E-state index contributed by atoms with van der Waals surface area (Å²) in [4.78, 5) is 0. The van der Waals surface area contributed by atoms with Crippen molar-refractivity contribution in [2.75, 3.05) is 0 Å². The first-order valence-electron chi connectivity index (χ1n) is 4.23. The highest BCUT2D eigenvalue weighted by Crippen LogP contribution is 2.22. The van der Waals surface area contributed by atoms with Crippen LogP contribution in [0.3, 0.4) is 0 Å². The first-order valence-corrected chi connectivity index (χ1v) is 4.23. The summed E-state index contributed by atoms with van der Waals surface area (Å²) < 4.78 is 0. The SMILES string of the molecule is C=C(C)c1cc(C)ccc1C(=C)N. The van der Waals surface area contributed by atoms with Crippen LogP contribution in [0.2, 0.25) is 0 Å². The maximum atomic E-state index is 5.67. The second kappa shape index (κ2) is 3.48. The highest BCUT2D eigenvalue weighted by molar-refractivity contribution is 5.76. The third-order valence-corrected chi connectivity index (χ3v) is 1.98. The zero-order chi connectivity index (χ0) is 10.0. The Morgan fingerprint density at radius 1 is 1.23 bits per heavy atom. The number of aryl methyl sites for hydroxylation is 1. The summed E-state index contributed by atoms with van der Waals surface area (Å²) in [6.45, 7) is 11.7. The van der Waals surface area contributed by atoms with Gasteiger partial charge < -0.3 is 5.73 Å². The van der Waals surface area contributed by atoms with Gasteiger partial charge in [0, 0.05) is 11.3 Å². The lowest BCUT2D eigenvalue weighted by Gasteiger charge is -2.09. The minimum Gasteiger partial charge on any atom is -0.399 e. The van der Waals surface area contributed by atoms with Gasteiger partial charge in [-0.25, -0.2) is 0 Å². The zero-order valence-electron chi connectivity index (χ0n) is 8.22. The van der Waals surface area contributed by atoms with E-state index in [1.54, 1.807) is 0 Å². The van der Waals surface area contributed by atoms with Gasteiger partial charge in [-0.15, -0.1) is 0 Å². The maximum absolute atomic E-state index is 5.67. The summed E-state index contributed by atoms with van der Waals surface area (Å²) >= 11 is 0. The van der Waals surface area contributed by atoms with Crippen molar-refractivity contribution in [3.8, 4) is 0 Å². The summed E-state index contributed by atoms with van der Waals surface area (Å²) in [5, 5.41) is 0. The first-order chi connectivity index (χ1) is 6.02. The molecule has 0 aromatic heterocycles. The predicted molar refractivity (Wildman–Crippen MR) is 59.1 cm³/mol. The van der Waals surface area contributed by atoms with E-state index in [-0.39, 0.29) is 0 Å². The quantitative estimate of drug-likeness (QED) is 0.731. The molecule has 1 aromatic carbocycles. The van der Waals surface area contributed by atoms with E-state index >= 15 is 0 Å². The minimum atomic E-state index is 0.595. The van der Waals surface area contributed by atoms with Crippen LogP contribution >= 0.6 is 0 Å². The van der Waals surface area contributed by atoms with Crippen molar-refractivity contribution in [1.29, 1.82) is 0 Å². The summed E-state index contributed by atoms with van der Waals surface area (Å²) in [6, 6.07) is 6.09. The van der Waals surface area contributed by atoms with E-state index in [2.05, 4.69) is 26.1 Å². The zero-order valence-corrected chi connectivity index (χ0v) is 8.22. The Hall–Kier alpha value is -1.50. The fourth-order valence-corrected chi connectivity index (χ4v) is 1.29. The van der Waals surface area contributed by atoms with Crippen molar-refractivity contribution in [3.05, 3.63) is 48.0 Å². The Bertz CT molecular complexity index is 361. The standard InChI is InChI=1S/C12H15N/c1-8(2)12-7-9(3)5-6-11(12)10(4)13/h5-7H,1,4,13H2,2-3H3. The normalized spacial score (nSPS) is 9.69. The average molecular weight is 173 g/mol. The highest BCUT2D eigenvalue weighted by atomic mass is 14.6. The molecule has 0 aliphatic heterocycles. The Labute approximate surface area is 79.6 Å². The molecular formula is C12H15N. The van der Waals surface area contributed by atoms with Gasteiger partial charge in [-0.3, -0.25) is 0 Å². The van der Waals surface area contributed by atoms with Crippen molar-refractivity contribution in [1.82, 2.24) is 0 Å². The molecular weight excluding hydrogens is 158 g/mol. The van der Waals surface area contributed by atoms with E-state index in [4.69, 9.17) is 5.73 Å². The molecule has 1 aromatic rings. The Kier molecular flexibility index (Phi) is 2.57. The molecule has 0 unspecified atom stereocenters. The van der Waals surface area contributed by atoms with E-state index in [1.165, 1.54) is 5.56 Å². The molecule has 1 heteroatoms.